The zero-order chi connectivity index (χ0) is 18.5. The zero-order valence-corrected chi connectivity index (χ0v) is 16.2. The molecular formula is C21H26ClN3O. The Labute approximate surface area is 160 Å². The predicted octanol–water partition coefficient (Wildman–Crippen LogP) is 4.11. The summed E-state index contributed by atoms with van der Waals surface area (Å²) in [4.78, 5) is 16.7. The summed E-state index contributed by atoms with van der Waals surface area (Å²) >= 11 is 6.07. The Morgan fingerprint density at radius 1 is 1.08 bits per heavy atom. The van der Waals surface area contributed by atoms with Crippen molar-refractivity contribution in [1.29, 1.82) is 0 Å². The van der Waals surface area contributed by atoms with Gasteiger partial charge in [-0.15, -0.1) is 0 Å². The number of nitrogens with one attached hydrogen (secondary N) is 1. The van der Waals surface area contributed by atoms with Crippen LogP contribution in [0, 0.1) is 13.8 Å². The van der Waals surface area contributed by atoms with E-state index in [4.69, 9.17) is 11.6 Å². The summed E-state index contributed by atoms with van der Waals surface area (Å²) in [6, 6.07) is 14.2. The highest BCUT2D eigenvalue weighted by Gasteiger charge is 2.21. The largest absolute Gasteiger partial charge is 0.384 e. The number of rotatable bonds is 5. The Kier molecular flexibility index (Phi) is 6.04. The minimum atomic E-state index is 0.216. The first-order valence-corrected chi connectivity index (χ1v) is 9.50. The highest BCUT2D eigenvalue weighted by atomic mass is 35.5. The van der Waals surface area contributed by atoms with Gasteiger partial charge in [-0.3, -0.25) is 4.79 Å². The van der Waals surface area contributed by atoms with E-state index in [1.165, 1.54) is 11.1 Å². The number of anilines is 2. The van der Waals surface area contributed by atoms with Gasteiger partial charge in [-0.2, -0.15) is 0 Å². The van der Waals surface area contributed by atoms with Gasteiger partial charge in [0, 0.05) is 55.5 Å². The Morgan fingerprint density at radius 2 is 1.85 bits per heavy atom. The number of carbonyl (C=O) groups excluding carboxylic acids is 1. The smallest absolute Gasteiger partial charge is 0.224 e. The summed E-state index contributed by atoms with van der Waals surface area (Å²) in [5, 5.41) is 4.13. The summed E-state index contributed by atoms with van der Waals surface area (Å²) in [6.45, 7) is 8.05. The number of hydrogen-bond donors (Lipinski definition) is 1. The first kappa shape index (κ1) is 18.6. The van der Waals surface area contributed by atoms with Crippen molar-refractivity contribution in [2.75, 3.05) is 42.9 Å². The second-order valence-corrected chi connectivity index (χ2v) is 7.28. The molecule has 0 radical (unpaired) electrons. The van der Waals surface area contributed by atoms with E-state index in [-0.39, 0.29) is 5.91 Å². The molecule has 26 heavy (non-hydrogen) atoms. The third-order valence-corrected chi connectivity index (χ3v) is 5.08. The van der Waals surface area contributed by atoms with Gasteiger partial charge in [0.15, 0.2) is 0 Å². The number of carbonyl (C=O) groups is 1. The number of halogens is 1. The van der Waals surface area contributed by atoms with Crippen molar-refractivity contribution in [3.63, 3.8) is 0 Å². The van der Waals surface area contributed by atoms with Gasteiger partial charge in [0.1, 0.15) is 0 Å². The maximum Gasteiger partial charge on any atom is 0.224 e. The Bertz CT molecular complexity index is 770. The highest BCUT2D eigenvalue weighted by molar-refractivity contribution is 6.30. The van der Waals surface area contributed by atoms with Crippen molar-refractivity contribution in [1.82, 2.24) is 4.90 Å². The Morgan fingerprint density at radius 3 is 2.54 bits per heavy atom. The van der Waals surface area contributed by atoms with Crippen LogP contribution in [0.5, 0.6) is 0 Å². The molecule has 1 aliphatic heterocycles. The number of nitrogens with zero attached hydrogens (tertiary/aromatic N) is 2. The number of benzene rings is 2. The van der Waals surface area contributed by atoms with Gasteiger partial charge in [0.05, 0.1) is 0 Å². The van der Waals surface area contributed by atoms with Crippen LogP contribution in [0.4, 0.5) is 11.4 Å². The van der Waals surface area contributed by atoms with E-state index < -0.39 is 0 Å². The molecule has 0 spiro atoms. The molecule has 0 aliphatic carbocycles. The molecule has 0 saturated carbocycles. The van der Waals surface area contributed by atoms with Crippen LogP contribution in [0.25, 0.3) is 0 Å². The molecule has 2 aromatic rings. The fourth-order valence-corrected chi connectivity index (χ4v) is 3.55. The molecule has 1 aliphatic rings. The highest BCUT2D eigenvalue weighted by Crippen LogP contribution is 2.21. The minimum Gasteiger partial charge on any atom is -0.384 e. The summed E-state index contributed by atoms with van der Waals surface area (Å²) in [6.07, 6.45) is 0.518. The van der Waals surface area contributed by atoms with Crippen LogP contribution in [-0.4, -0.2) is 43.5 Å². The fraction of sp³-hybridized carbons (Fsp3) is 0.381. The first-order valence-electron chi connectivity index (χ1n) is 9.12. The second kappa shape index (κ2) is 8.45. The average molecular weight is 372 g/mol. The van der Waals surface area contributed by atoms with Crippen molar-refractivity contribution >= 4 is 28.9 Å². The molecule has 1 fully saturated rings. The fourth-order valence-electron chi connectivity index (χ4n) is 3.36. The summed E-state index contributed by atoms with van der Waals surface area (Å²) in [7, 11) is 0. The first-order chi connectivity index (χ1) is 12.5. The van der Waals surface area contributed by atoms with Gasteiger partial charge >= 0.3 is 0 Å². The molecule has 1 saturated heterocycles. The number of amides is 1. The predicted molar refractivity (Wildman–Crippen MR) is 109 cm³/mol. The summed E-state index contributed by atoms with van der Waals surface area (Å²) in [5.41, 5.74) is 4.70. The van der Waals surface area contributed by atoms with Gasteiger partial charge in [0.2, 0.25) is 5.91 Å². The molecule has 1 heterocycles. The van der Waals surface area contributed by atoms with Crippen LogP contribution in [-0.2, 0) is 4.79 Å². The second-order valence-electron chi connectivity index (χ2n) is 6.84. The van der Waals surface area contributed by atoms with E-state index in [1.807, 2.05) is 23.1 Å². The van der Waals surface area contributed by atoms with E-state index in [0.29, 0.717) is 13.0 Å². The SMILES string of the molecule is Cc1ccc(NCCC(=O)N2CCN(c3cccc(Cl)c3)CC2)c(C)c1. The van der Waals surface area contributed by atoms with Crippen LogP contribution in [0.3, 0.4) is 0 Å². The molecular weight excluding hydrogens is 346 g/mol. The molecule has 0 atom stereocenters. The van der Waals surface area contributed by atoms with Crippen molar-refractivity contribution in [2.45, 2.75) is 20.3 Å². The average Bonchev–Trinajstić information content (AvgIpc) is 2.63. The van der Waals surface area contributed by atoms with Gasteiger partial charge in [-0.1, -0.05) is 35.4 Å². The molecule has 0 bridgehead atoms. The van der Waals surface area contributed by atoms with Crippen molar-refractivity contribution in [2.24, 2.45) is 0 Å². The summed E-state index contributed by atoms with van der Waals surface area (Å²) in [5.74, 6) is 0.216. The maximum absolute atomic E-state index is 12.5. The van der Waals surface area contributed by atoms with Crippen LogP contribution < -0.4 is 10.2 Å². The molecule has 138 valence electrons. The third-order valence-electron chi connectivity index (χ3n) is 4.84. The lowest BCUT2D eigenvalue weighted by Crippen LogP contribution is -2.49. The van der Waals surface area contributed by atoms with E-state index >= 15 is 0 Å². The lowest BCUT2D eigenvalue weighted by molar-refractivity contribution is -0.131. The molecule has 3 rings (SSSR count). The molecule has 1 N–H and O–H groups in total. The van der Waals surface area contributed by atoms with Crippen molar-refractivity contribution in [3.05, 3.63) is 58.6 Å². The van der Waals surface area contributed by atoms with Gasteiger partial charge in [-0.05, 0) is 43.7 Å². The molecule has 2 aromatic carbocycles. The van der Waals surface area contributed by atoms with Crippen LogP contribution in [0.1, 0.15) is 17.5 Å². The van der Waals surface area contributed by atoms with Crippen LogP contribution in [0.2, 0.25) is 5.02 Å². The van der Waals surface area contributed by atoms with Crippen LogP contribution in [0.15, 0.2) is 42.5 Å². The monoisotopic (exact) mass is 371 g/mol. The Balaban J connectivity index is 1.45. The van der Waals surface area contributed by atoms with Crippen molar-refractivity contribution in [3.8, 4) is 0 Å². The number of aryl methyl sites for hydroxylation is 2. The van der Waals surface area contributed by atoms with E-state index in [9.17, 15) is 4.79 Å². The summed E-state index contributed by atoms with van der Waals surface area (Å²) < 4.78 is 0. The Hall–Kier alpha value is -2.20. The maximum atomic E-state index is 12.5. The quantitative estimate of drug-likeness (QED) is 0.859. The topological polar surface area (TPSA) is 35.6 Å². The van der Waals surface area contributed by atoms with Gasteiger partial charge in [0.25, 0.3) is 0 Å². The standard InChI is InChI=1S/C21H26ClN3O/c1-16-6-7-20(17(2)14-16)23-9-8-21(26)25-12-10-24(11-13-25)19-5-3-4-18(22)15-19/h3-7,14-15,23H,8-13H2,1-2H3. The van der Waals surface area contributed by atoms with E-state index in [2.05, 4.69) is 48.3 Å². The normalized spacial score (nSPS) is 14.4. The minimum absolute atomic E-state index is 0.216. The molecule has 1 amide bonds. The van der Waals surface area contributed by atoms with Crippen molar-refractivity contribution < 1.29 is 4.79 Å². The molecule has 0 unspecified atom stereocenters. The number of hydrogen-bond acceptors (Lipinski definition) is 3. The van der Waals surface area contributed by atoms with Crippen LogP contribution >= 0.6 is 11.6 Å². The molecule has 4 nitrogen and oxygen atoms in total. The lowest BCUT2D eigenvalue weighted by Gasteiger charge is -2.36. The van der Waals surface area contributed by atoms with E-state index in [1.54, 1.807) is 0 Å². The molecule has 0 aromatic heterocycles. The van der Waals surface area contributed by atoms with Gasteiger partial charge in [-0.25, -0.2) is 0 Å². The van der Waals surface area contributed by atoms with E-state index in [0.717, 1.165) is 42.6 Å². The lowest BCUT2D eigenvalue weighted by atomic mass is 10.1. The zero-order valence-electron chi connectivity index (χ0n) is 15.5. The number of piperazine rings is 1. The third kappa shape index (κ3) is 4.70. The van der Waals surface area contributed by atoms with Gasteiger partial charge < -0.3 is 15.1 Å². The molecule has 5 heteroatoms.